The van der Waals surface area contributed by atoms with Gasteiger partial charge in [0, 0.05) is 12.7 Å². The van der Waals surface area contributed by atoms with Gasteiger partial charge in [-0.15, -0.1) is 0 Å². The van der Waals surface area contributed by atoms with Gasteiger partial charge in [-0.25, -0.2) is 4.79 Å². The number of hydrogen-bond donors (Lipinski definition) is 0. The Morgan fingerprint density at radius 2 is 2.10 bits per heavy atom. The quantitative estimate of drug-likeness (QED) is 0.329. The summed E-state index contributed by atoms with van der Waals surface area (Å²) >= 11 is 0. The lowest BCUT2D eigenvalue weighted by atomic mass is 9.88. The fourth-order valence-electron chi connectivity index (χ4n) is 3.08. The Morgan fingerprint density at radius 3 is 2.55 bits per heavy atom. The van der Waals surface area contributed by atoms with Gasteiger partial charge in [0.05, 0.1) is 0 Å². The maximum Gasteiger partial charge on any atom is 0.335 e. The lowest BCUT2D eigenvalue weighted by Gasteiger charge is -2.17. The van der Waals surface area contributed by atoms with Crippen molar-refractivity contribution in [2.24, 2.45) is 17.8 Å². The summed E-state index contributed by atoms with van der Waals surface area (Å²) in [6.45, 7) is 7.18. The van der Waals surface area contributed by atoms with E-state index in [1.165, 1.54) is 32.8 Å². The molecule has 0 saturated heterocycles. The van der Waals surface area contributed by atoms with E-state index >= 15 is 0 Å². The normalized spacial score (nSPS) is 27.2. The van der Waals surface area contributed by atoms with Gasteiger partial charge in [-0.1, -0.05) is 32.1 Å². The molecule has 2 aliphatic carbocycles. The molecule has 0 N–H and O–H groups in total. The molecule has 0 amide bonds. The van der Waals surface area contributed by atoms with Crippen molar-refractivity contribution in [2.75, 3.05) is 13.9 Å². The maximum absolute atomic E-state index is 10.5. The predicted octanol–water partition coefficient (Wildman–Crippen LogP) is 4.10. The molecule has 2 saturated carbocycles. The number of carbonyl (C=O) groups excluding carboxylic acids is 1. The largest absolute Gasteiger partial charge is 0.435 e. The zero-order valence-corrected chi connectivity index (χ0v) is 13.1. The third-order valence-corrected chi connectivity index (χ3v) is 4.07. The number of methoxy groups -OCH3 is 1. The molecule has 0 aromatic rings. The van der Waals surface area contributed by atoms with Crippen LogP contribution in [0.2, 0.25) is 0 Å². The Balaban J connectivity index is 0.000000206. The molecule has 20 heavy (non-hydrogen) atoms. The molecule has 2 bridgehead atoms. The second kappa shape index (κ2) is 8.96. The summed E-state index contributed by atoms with van der Waals surface area (Å²) in [6, 6.07) is 0. The first-order chi connectivity index (χ1) is 9.58. The van der Waals surface area contributed by atoms with Crippen molar-refractivity contribution < 1.29 is 14.3 Å². The Hall–Kier alpha value is -1.09. The monoisotopic (exact) mass is 280 g/mol. The molecule has 2 aliphatic rings. The first-order valence-corrected chi connectivity index (χ1v) is 7.56. The van der Waals surface area contributed by atoms with E-state index in [0.717, 1.165) is 17.8 Å². The van der Waals surface area contributed by atoms with Gasteiger partial charge in [0.15, 0.2) is 6.79 Å². The molecule has 3 atom stereocenters. The van der Waals surface area contributed by atoms with E-state index in [0.29, 0.717) is 5.57 Å². The highest BCUT2D eigenvalue weighted by Crippen LogP contribution is 2.48. The first-order valence-electron chi connectivity index (χ1n) is 7.56. The fraction of sp³-hybridized carbons (Fsp3) is 0.706. The van der Waals surface area contributed by atoms with Crippen molar-refractivity contribution >= 4 is 5.97 Å². The third-order valence-electron chi connectivity index (χ3n) is 4.07. The summed E-state index contributed by atoms with van der Waals surface area (Å²) in [7, 11) is 1.45. The average molecular weight is 280 g/mol. The van der Waals surface area contributed by atoms with Gasteiger partial charge in [-0.05, 0) is 50.4 Å². The topological polar surface area (TPSA) is 35.5 Å². The van der Waals surface area contributed by atoms with Gasteiger partial charge < -0.3 is 9.47 Å². The molecular weight excluding hydrogens is 252 g/mol. The third kappa shape index (κ3) is 5.49. The van der Waals surface area contributed by atoms with Gasteiger partial charge in [0.1, 0.15) is 0 Å². The molecule has 0 aromatic carbocycles. The van der Waals surface area contributed by atoms with Crippen LogP contribution in [0.3, 0.4) is 0 Å². The van der Waals surface area contributed by atoms with Crippen molar-refractivity contribution in [3.63, 3.8) is 0 Å². The first kappa shape index (κ1) is 17.0. The summed E-state index contributed by atoms with van der Waals surface area (Å²) in [5.74, 6) is 2.72. The smallest absolute Gasteiger partial charge is 0.335 e. The fourth-order valence-corrected chi connectivity index (χ4v) is 3.08. The molecule has 0 heterocycles. The Kier molecular flexibility index (Phi) is 7.60. The highest BCUT2D eigenvalue weighted by molar-refractivity contribution is 5.86. The molecule has 114 valence electrons. The molecule has 3 nitrogen and oxygen atoms in total. The maximum atomic E-state index is 10.5. The molecule has 0 spiro atoms. The van der Waals surface area contributed by atoms with Gasteiger partial charge in [-0.2, -0.15) is 0 Å². The molecule has 0 aliphatic heterocycles. The van der Waals surface area contributed by atoms with Crippen molar-refractivity contribution in [1.82, 2.24) is 0 Å². The van der Waals surface area contributed by atoms with Gasteiger partial charge in [0.2, 0.25) is 0 Å². The minimum Gasteiger partial charge on any atom is -0.435 e. The Morgan fingerprint density at radius 1 is 1.35 bits per heavy atom. The van der Waals surface area contributed by atoms with E-state index < -0.39 is 5.97 Å². The number of fused-ring (bicyclic) bond motifs is 2. The Labute approximate surface area is 123 Å². The number of rotatable bonds is 5. The number of hydrogen-bond acceptors (Lipinski definition) is 3. The summed E-state index contributed by atoms with van der Waals surface area (Å²) in [5.41, 5.74) is 0.382. The Bertz CT molecular complexity index is 346. The van der Waals surface area contributed by atoms with Gasteiger partial charge in [0.25, 0.3) is 0 Å². The van der Waals surface area contributed by atoms with Crippen LogP contribution in [0.25, 0.3) is 0 Å². The molecule has 2 fully saturated rings. The van der Waals surface area contributed by atoms with Crippen LogP contribution >= 0.6 is 0 Å². The van der Waals surface area contributed by atoms with Gasteiger partial charge in [-0.3, -0.25) is 0 Å². The minimum absolute atomic E-state index is 0.00824. The zero-order valence-electron chi connectivity index (χ0n) is 13.1. The summed E-state index contributed by atoms with van der Waals surface area (Å²) < 4.78 is 8.97. The molecular formula is C17H28O3. The van der Waals surface area contributed by atoms with Crippen LogP contribution in [0, 0.1) is 17.8 Å². The van der Waals surface area contributed by atoms with Gasteiger partial charge >= 0.3 is 5.97 Å². The number of carbonyl (C=O) groups is 1. The second-order valence-corrected chi connectivity index (χ2v) is 5.79. The SMILES string of the molecule is C=C(C)C(=O)OCOC.CC/C=C\C1CC2CCC1C2. The van der Waals surface area contributed by atoms with Crippen LogP contribution in [-0.4, -0.2) is 19.9 Å². The number of allylic oxidation sites excluding steroid dienone is 2. The van der Waals surface area contributed by atoms with E-state index in [9.17, 15) is 4.79 Å². The van der Waals surface area contributed by atoms with Crippen molar-refractivity contribution in [3.05, 3.63) is 24.3 Å². The lowest BCUT2D eigenvalue weighted by Crippen LogP contribution is -2.06. The predicted molar refractivity (Wildman–Crippen MR) is 81.2 cm³/mol. The highest BCUT2D eigenvalue weighted by atomic mass is 16.7. The minimum atomic E-state index is -0.420. The van der Waals surface area contributed by atoms with Crippen LogP contribution in [-0.2, 0) is 14.3 Å². The molecule has 3 unspecified atom stereocenters. The van der Waals surface area contributed by atoms with Crippen LogP contribution in [0.5, 0.6) is 0 Å². The summed E-state index contributed by atoms with van der Waals surface area (Å²) in [6.07, 6.45) is 12.1. The highest BCUT2D eigenvalue weighted by Gasteiger charge is 2.37. The summed E-state index contributed by atoms with van der Waals surface area (Å²) in [4.78, 5) is 10.5. The summed E-state index contributed by atoms with van der Waals surface area (Å²) in [5, 5.41) is 0. The van der Waals surface area contributed by atoms with E-state index in [-0.39, 0.29) is 6.79 Å². The zero-order chi connectivity index (χ0) is 15.0. The molecule has 2 rings (SSSR count). The van der Waals surface area contributed by atoms with E-state index in [4.69, 9.17) is 0 Å². The molecule has 0 radical (unpaired) electrons. The standard InChI is InChI=1S/C11H18.C6H10O3/c1-2-3-4-10-7-9-5-6-11(10)8-9;1-5(2)6(7)9-4-8-3/h3-4,9-11H,2,5-8H2,1H3;1,4H2,2-3H3/b4-3-;. The molecule has 3 heteroatoms. The van der Waals surface area contributed by atoms with Crippen LogP contribution in [0.15, 0.2) is 24.3 Å². The lowest BCUT2D eigenvalue weighted by molar-refractivity contribution is -0.149. The number of esters is 1. The van der Waals surface area contributed by atoms with Crippen LogP contribution in [0.1, 0.15) is 46.0 Å². The van der Waals surface area contributed by atoms with Crippen molar-refractivity contribution in [3.8, 4) is 0 Å². The van der Waals surface area contributed by atoms with Crippen molar-refractivity contribution in [1.29, 1.82) is 0 Å². The van der Waals surface area contributed by atoms with Crippen LogP contribution in [0.4, 0.5) is 0 Å². The molecule has 0 aromatic heterocycles. The van der Waals surface area contributed by atoms with E-state index in [1.54, 1.807) is 13.3 Å². The van der Waals surface area contributed by atoms with E-state index in [1.807, 2.05) is 0 Å². The number of ether oxygens (including phenoxy) is 2. The average Bonchev–Trinajstić information content (AvgIpc) is 3.05. The van der Waals surface area contributed by atoms with Crippen LogP contribution < -0.4 is 0 Å². The van der Waals surface area contributed by atoms with Crippen molar-refractivity contribution in [2.45, 2.75) is 46.0 Å². The second-order valence-electron chi connectivity index (χ2n) is 5.79. The van der Waals surface area contributed by atoms with E-state index in [2.05, 4.69) is 35.1 Å².